The van der Waals surface area contributed by atoms with Crippen molar-refractivity contribution >= 4 is 74.2 Å². The number of nitrogens with one attached hydrogen (secondary N) is 2. The fraction of sp³-hybridized carbons (Fsp3) is 0.0741. The van der Waals surface area contributed by atoms with Crippen molar-refractivity contribution < 1.29 is 0 Å². The Morgan fingerprint density at radius 2 is 1.71 bits per heavy atom. The molecule has 1 aromatic heterocycles. The molecule has 0 unspecified atom stereocenters. The first-order chi connectivity index (χ1) is 16.9. The fourth-order valence-electron chi connectivity index (χ4n) is 4.11. The summed E-state index contributed by atoms with van der Waals surface area (Å²) in [4.78, 5) is 4.66. The number of halogens is 2. The number of hydrogen-bond donors (Lipinski definition) is 2. The molecule has 1 heterocycles. The first kappa shape index (κ1) is 23.3. The molecule has 2 N–H and O–H groups in total. The lowest BCUT2D eigenvalue weighted by atomic mass is 10.1. The number of hydrazone groups is 1. The van der Waals surface area contributed by atoms with Crippen molar-refractivity contribution in [2.45, 2.75) is 13.8 Å². The predicted octanol–water partition coefficient (Wildman–Crippen LogP) is 7.42. The number of thiocarbonyl (C=S) groups is 1. The molecule has 0 radical (unpaired) electrons. The van der Waals surface area contributed by atoms with Crippen LogP contribution in [0.5, 0.6) is 0 Å². The summed E-state index contributed by atoms with van der Waals surface area (Å²) in [6.45, 7) is 4.08. The molecule has 0 saturated carbocycles. The van der Waals surface area contributed by atoms with Gasteiger partial charge in [-0.1, -0.05) is 59.6 Å². The minimum atomic E-state index is 0.438. The van der Waals surface area contributed by atoms with Gasteiger partial charge in [-0.05, 0) is 78.5 Å². The number of fused-ring (bicyclic) bond motifs is 3. The van der Waals surface area contributed by atoms with Gasteiger partial charge in [0.25, 0.3) is 0 Å². The molecule has 0 amide bonds. The maximum atomic E-state index is 6.20. The molecule has 5 nitrogen and oxygen atoms in total. The molecule has 0 aliphatic heterocycles. The molecule has 0 fully saturated rings. The number of para-hydroxylation sites is 1. The molecule has 0 aliphatic carbocycles. The first-order valence-corrected chi connectivity index (χ1v) is 12.1. The molecular formula is C27H21Cl2N5S. The third kappa shape index (κ3) is 4.86. The second kappa shape index (κ2) is 9.66. The van der Waals surface area contributed by atoms with Gasteiger partial charge in [0.2, 0.25) is 0 Å². The van der Waals surface area contributed by atoms with Crippen LogP contribution in [0.25, 0.3) is 27.5 Å². The minimum Gasteiger partial charge on any atom is -0.331 e. The lowest BCUT2D eigenvalue weighted by Crippen LogP contribution is -2.24. The van der Waals surface area contributed by atoms with Crippen LogP contribution in [0.4, 0.5) is 5.69 Å². The number of anilines is 1. The summed E-state index contributed by atoms with van der Waals surface area (Å²) in [7, 11) is 0. The van der Waals surface area contributed by atoms with E-state index in [-0.39, 0.29) is 0 Å². The van der Waals surface area contributed by atoms with Crippen molar-refractivity contribution in [3.8, 4) is 5.69 Å². The van der Waals surface area contributed by atoms with E-state index in [1.807, 2.05) is 60.9 Å². The largest absolute Gasteiger partial charge is 0.331 e. The van der Waals surface area contributed by atoms with Gasteiger partial charge >= 0.3 is 0 Å². The zero-order valence-corrected chi connectivity index (χ0v) is 21.3. The maximum Gasteiger partial charge on any atom is 0.191 e. The number of nitrogens with zero attached hydrogens (tertiary/aromatic N) is 3. The highest BCUT2D eigenvalue weighted by atomic mass is 35.5. The van der Waals surface area contributed by atoms with E-state index in [1.54, 1.807) is 18.6 Å². The highest BCUT2D eigenvalue weighted by Crippen LogP contribution is 2.29. The first-order valence-electron chi connectivity index (χ1n) is 10.9. The SMILES string of the molecule is Cc1cccc(C)c1NC(=S)NN=Cc1ccc2c(ccc3c2ncn3-c2cc(Cl)cc(Cl)c2)c1. The van der Waals surface area contributed by atoms with Gasteiger partial charge in [0.1, 0.15) is 6.33 Å². The van der Waals surface area contributed by atoms with Crippen LogP contribution in [0, 0.1) is 13.8 Å². The van der Waals surface area contributed by atoms with E-state index >= 15 is 0 Å². The minimum absolute atomic E-state index is 0.438. The number of hydrogen-bond acceptors (Lipinski definition) is 3. The van der Waals surface area contributed by atoms with Crippen LogP contribution in [0.1, 0.15) is 16.7 Å². The second-order valence-electron chi connectivity index (χ2n) is 8.25. The Kier molecular flexibility index (Phi) is 6.43. The lowest BCUT2D eigenvalue weighted by molar-refractivity contribution is 1.05. The van der Waals surface area contributed by atoms with E-state index in [2.05, 4.69) is 39.0 Å². The van der Waals surface area contributed by atoms with Crippen molar-refractivity contribution in [3.63, 3.8) is 0 Å². The molecule has 5 aromatic rings. The molecule has 174 valence electrons. The Labute approximate surface area is 218 Å². The Morgan fingerprint density at radius 1 is 0.971 bits per heavy atom. The van der Waals surface area contributed by atoms with Crippen LogP contribution < -0.4 is 10.7 Å². The second-order valence-corrected chi connectivity index (χ2v) is 9.53. The van der Waals surface area contributed by atoms with Gasteiger partial charge in [-0.3, -0.25) is 9.99 Å². The number of rotatable bonds is 4. The molecule has 8 heteroatoms. The summed E-state index contributed by atoms with van der Waals surface area (Å²) in [6.07, 6.45) is 3.53. The number of aryl methyl sites for hydroxylation is 2. The van der Waals surface area contributed by atoms with Gasteiger partial charge in [-0.25, -0.2) is 4.98 Å². The topological polar surface area (TPSA) is 54.2 Å². The summed E-state index contributed by atoms with van der Waals surface area (Å²) in [5.41, 5.74) is 9.83. The molecule has 0 bridgehead atoms. The summed E-state index contributed by atoms with van der Waals surface area (Å²) >= 11 is 17.8. The highest BCUT2D eigenvalue weighted by Gasteiger charge is 2.10. The highest BCUT2D eigenvalue weighted by molar-refractivity contribution is 7.80. The smallest absolute Gasteiger partial charge is 0.191 e. The maximum absolute atomic E-state index is 6.20. The third-order valence-corrected chi connectivity index (χ3v) is 6.41. The van der Waals surface area contributed by atoms with Crippen LogP contribution in [0.3, 0.4) is 0 Å². The average Bonchev–Trinajstić information content (AvgIpc) is 3.25. The fourth-order valence-corrected chi connectivity index (χ4v) is 4.78. The van der Waals surface area contributed by atoms with E-state index < -0.39 is 0 Å². The normalized spacial score (nSPS) is 11.4. The third-order valence-electron chi connectivity index (χ3n) is 5.78. The van der Waals surface area contributed by atoms with E-state index in [1.165, 1.54) is 0 Å². The molecule has 4 aromatic carbocycles. The van der Waals surface area contributed by atoms with Crippen LogP contribution in [0.2, 0.25) is 10.0 Å². The average molecular weight is 518 g/mol. The van der Waals surface area contributed by atoms with Crippen molar-refractivity contribution in [2.75, 3.05) is 5.32 Å². The van der Waals surface area contributed by atoms with Gasteiger partial charge in [-0.15, -0.1) is 0 Å². The van der Waals surface area contributed by atoms with Crippen molar-refractivity contribution in [1.82, 2.24) is 15.0 Å². The summed E-state index contributed by atoms with van der Waals surface area (Å²) in [6, 6.07) is 21.8. The zero-order valence-electron chi connectivity index (χ0n) is 19.0. The van der Waals surface area contributed by atoms with Crippen LogP contribution in [-0.4, -0.2) is 20.9 Å². The molecule has 5 rings (SSSR count). The number of imidazole rings is 1. The van der Waals surface area contributed by atoms with Gasteiger partial charge < -0.3 is 5.32 Å². The molecule has 0 aliphatic rings. The molecule has 0 spiro atoms. The Hall–Kier alpha value is -3.45. The zero-order chi connectivity index (χ0) is 24.5. The van der Waals surface area contributed by atoms with Gasteiger partial charge in [-0.2, -0.15) is 5.10 Å². The monoisotopic (exact) mass is 517 g/mol. The van der Waals surface area contributed by atoms with Crippen molar-refractivity contribution in [2.24, 2.45) is 5.10 Å². The van der Waals surface area contributed by atoms with Crippen LogP contribution in [0.15, 0.2) is 78.2 Å². The number of benzene rings is 4. The quantitative estimate of drug-likeness (QED) is 0.148. The summed E-state index contributed by atoms with van der Waals surface area (Å²) in [5, 5.41) is 11.2. The Balaban J connectivity index is 1.36. The molecule has 0 atom stereocenters. The Morgan fingerprint density at radius 3 is 2.46 bits per heavy atom. The van der Waals surface area contributed by atoms with E-state index in [9.17, 15) is 0 Å². The number of aromatic nitrogens is 2. The van der Waals surface area contributed by atoms with E-state index in [0.717, 1.165) is 49.9 Å². The van der Waals surface area contributed by atoms with Gasteiger partial charge in [0.15, 0.2) is 5.11 Å². The Bertz CT molecular complexity index is 1580. The van der Waals surface area contributed by atoms with Crippen LogP contribution >= 0.6 is 35.4 Å². The standard InChI is InChI=1S/C27H21Cl2N5S/c1-16-4-3-5-17(2)25(16)32-27(35)33-31-14-18-6-8-23-19(10-18)7-9-24-26(23)30-15-34(24)22-12-20(28)11-21(29)13-22/h3-15H,1-2H3,(H2,32,33,35). The predicted molar refractivity (Wildman–Crippen MR) is 151 cm³/mol. The van der Waals surface area contributed by atoms with E-state index in [4.69, 9.17) is 35.4 Å². The van der Waals surface area contributed by atoms with Crippen molar-refractivity contribution in [1.29, 1.82) is 0 Å². The van der Waals surface area contributed by atoms with Gasteiger partial charge in [0.05, 0.1) is 22.9 Å². The van der Waals surface area contributed by atoms with Crippen LogP contribution in [-0.2, 0) is 0 Å². The molecular weight excluding hydrogens is 497 g/mol. The van der Waals surface area contributed by atoms with Gasteiger partial charge in [0, 0.05) is 21.1 Å². The lowest BCUT2D eigenvalue weighted by Gasteiger charge is -2.12. The van der Waals surface area contributed by atoms with Crippen molar-refractivity contribution in [3.05, 3.63) is 99.8 Å². The molecule has 35 heavy (non-hydrogen) atoms. The van der Waals surface area contributed by atoms with E-state index in [0.29, 0.717) is 15.2 Å². The molecule has 0 saturated heterocycles. The summed E-state index contributed by atoms with van der Waals surface area (Å²) in [5.74, 6) is 0. The summed E-state index contributed by atoms with van der Waals surface area (Å²) < 4.78 is 1.98.